The lowest BCUT2D eigenvalue weighted by Gasteiger charge is -2.46. The Bertz CT molecular complexity index is 682. The van der Waals surface area contributed by atoms with Gasteiger partial charge in [-0.1, -0.05) is 25.8 Å². The summed E-state index contributed by atoms with van der Waals surface area (Å²) in [5, 5.41) is 7.37. The predicted octanol–water partition coefficient (Wildman–Crippen LogP) is 6.08. The molecule has 0 saturated carbocycles. The second kappa shape index (κ2) is 13.1. The van der Waals surface area contributed by atoms with Gasteiger partial charge in [-0.3, -0.25) is 4.79 Å². The third-order valence-corrected chi connectivity index (χ3v) is 7.53. The molecule has 2 fully saturated rings. The number of piperidine rings is 2. The van der Waals surface area contributed by atoms with Crippen LogP contribution in [0.15, 0.2) is 12.3 Å². The molecule has 2 heterocycles. The standard InChI is InChI=1S/C30H56N2O3.H2O/c1-22(35-26(33)25-20-29(7,8)32-30(9,10)21-25)16-14-12-11-13-15-17-34-23(2)24-18-27(3,4)31-28(5,6)19-24;/h22,24-25,31-32H,2,11-21H2,1,3-10H3;1H2. The average molecular weight is 511 g/mol. The number of nitrogens with one attached hydrogen (secondary N) is 2. The maximum absolute atomic E-state index is 12.8. The molecule has 2 aliphatic heterocycles. The summed E-state index contributed by atoms with van der Waals surface area (Å²) in [6.07, 6.45) is 10.5. The number of carbonyl (C=O) groups is 1. The topological polar surface area (TPSA) is 91.1 Å². The lowest BCUT2D eigenvalue weighted by Crippen LogP contribution is -2.59. The summed E-state index contributed by atoms with van der Waals surface area (Å²) in [5.41, 5.74) is 0.160. The molecule has 2 saturated heterocycles. The zero-order valence-corrected chi connectivity index (χ0v) is 24.9. The van der Waals surface area contributed by atoms with Crippen LogP contribution in [0.1, 0.15) is 127 Å². The minimum atomic E-state index is -0.0362. The predicted molar refractivity (Wildman–Crippen MR) is 150 cm³/mol. The van der Waals surface area contributed by atoms with Gasteiger partial charge in [-0.2, -0.15) is 0 Å². The zero-order chi connectivity index (χ0) is 26.5. The molecule has 6 nitrogen and oxygen atoms in total. The number of hydrogen-bond donors (Lipinski definition) is 2. The number of carbonyl (C=O) groups excluding carboxylic acids is 1. The number of rotatable bonds is 12. The van der Waals surface area contributed by atoms with Gasteiger partial charge in [0.15, 0.2) is 0 Å². The summed E-state index contributed by atoms with van der Waals surface area (Å²) >= 11 is 0. The summed E-state index contributed by atoms with van der Waals surface area (Å²) in [6.45, 7) is 24.8. The maximum Gasteiger partial charge on any atom is 0.309 e. The highest BCUT2D eigenvalue weighted by molar-refractivity contribution is 5.73. The molecule has 0 amide bonds. The molecular formula is C30H58N2O4. The lowest BCUT2D eigenvalue weighted by molar-refractivity contribution is -0.156. The monoisotopic (exact) mass is 510 g/mol. The van der Waals surface area contributed by atoms with Crippen molar-refractivity contribution < 1.29 is 19.7 Å². The summed E-state index contributed by atoms with van der Waals surface area (Å²) in [6, 6.07) is 0. The highest BCUT2D eigenvalue weighted by Crippen LogP contribution is 2.37. The Labute approximate surface area is 222 Å². The number of ether oxygens (including phenoxy) is 2. The van der Waals surface area contributed by atoms with E-state index in [2.05, 4.69) is 72.6 Å². The van der Waals surface area contributed by atoms with E-state index in [1.165, 1.54) is 19.3 Å². The van der Waals surface area contributed by atoms with Gasteiger partial charge in [-0.15, -0.1) is 0 Å². The van der Waals surface area contributed by atoms with Crippen LogP contribution in [-0.2, 0) is 14.3 Å². The third kappa shape index (κ3) is 11.5. The fraction of sp³-hybridized carbons (Fsp3) is 0.900. The zero-order valence-electron chi connectivity index (χ0n) is 24.9. The van der Waals surface area contributed by atoms with Gasteiger partial charge in [0.25, 0.3) is 0 Å². The molecule has 0 radical (unpaired) electrons. The van der Waals surface area contributed by atoms with Crippen molar-refractivity contribution in [3.63, 3.8) is 0 Å². The van der Waals surface area contributed by atoms with Crippen LogP contribution >= 0.6 is 0 Å². The third-order valence-electron chi connectivity index (χ3n) is 7.53. The first-order valence-electron chi connectivity index (χ1n) is 14.1. The normalized spacial score (nSPS) is 23.8. The van der Waals surface area contributed by atoms with Crippen LogP contribution in [0.4, 0.5) is 0 Å². The van der Waals surface area contributed by atoms with Crippen LogP contribution in [0, 0.1) is 11.8 Å². The number of esters is 1. The molecule has 0 aromatic rings. The van der Waals surface area contributed by atoms with E-state index in [-0.39, 0.29) is 45.6 Å². The largest absolute Gasteiger partial charge is 0.498 e. The van der Waals surface area contributed by atoms with Crippen LogP contribution in [0.3, 0.4) is 0 Å². The molecule has 6 heteroatoms. The van der Waals surface area contributed by atoms with Gasteiger partial charge in [-0.05, 0) is 107 Å². The molecule has 0 spiro atoms. The maximum atomic E-state index is 12.8. The summed E-state index contributed by atoms with van der Waals surface area (Å²) in [4.78, 5) is 12.8. The number of allylic oxidation sites excluding steroid dienone is 1. The van der Waals surface area contributed by atoms with Crippen molar-refractivity contribution in [1.82, 2.24) is 10.6 Å². The van der Waals surface area contributed by atoms with E-state index in [0.29, 0.717) is 5.92 Å². The molecule has 0 aliphatic carbocycles. The van der Waals surface area contributed by atoms with Crippen LogP contribution in [0.25, 0.3) is 0 Å². The molecule has 0 aromatic carbocycles. The molecule has 2 aliphatic rings. The summed E-state index contributed by atoms with van der Waals surface area (Å²) in [5.74, 6) is 1.36. The minimum absolute atomic E-state index is 0. The molecule has 0 aromatic heterocycles. The first-order chi connectivity index (χ1) is 16.0. The molecule has 4 N–H and O–H groups in total. The Balaban J connectivity index is 0.00000648. The van der Waals surface area contributed by atoms with E-state index in [9.17, 15) is 4.79 Å². The molecule has 212 valence electrons. The first-order valence-corrected chi connectivity index (χ1v) is 14.1. The van der Waals surface area contributed by atoms with Gasteiger partial charge in [0.05, 0.1) is 24.4 Å². The number of hydrogen-bond acceptors (Lipinski definition) is 5. The Morgan fingerprint density at radius 1 is 0.778 bits per heavy atom. The Kier molecular flexibility index (Phi) is 12.0. The Hall–Kier alpha value is -1.11. The van der Waals surface area contributed by atoms with E-state index in [0.717, 1.165) is 57.3 Å². The molecular weight excluding hydrogens is 452 g/mol. The molecule has 2 rings (SSSR count). The van der Waals surface area contributed by atoms with Crippen LogP contribution in [-0.4, -0.2) is 46.3 Å². The second-order valence-electron chi connectivity index (χ2n) is 14.1. The van der Waals surface area contributed by atoms with Crippen molar-refractivity contribution in [1.29, 1.82) is 0 Å². The van der Waals surface area contributed by atoms with Gasteiger partial charge in [-0.25, -0.2) is 0 Å². The highest BCUT2D eigenvalue weighted by Gasteiger charge is 2.41. The van der Waals surface area contributed by atoms with Gasteiger partial charge in [0, 0.05) is 28.1 Å². The molecule has 36 heavy (non-hydrogen) atoms. The second-order valence-corrected chi connectivity index (χ2v) is 14.1. The Morgan fingerprint density at radius 2 is 1.19 bits per heavy atom. The van der Waals surface area contributed by atoms with Gasteiger partial charge < -0.3 is 25.6 Å². The number of unbranched alkanes of at least 4 members (excludes halogenated alkanes) is 4. The van der Waals surface area contributed by atoms with Crippen molar-refractivity contribution in [2.24, 2.45) is 11.8 Å². The van der Waals surface area contributed by atoms with Crippen LogP contribution in [0.5, 0.6) is 0 Å². The lowest BCUT2D eigenvalue weighted by atomic mass is 9.75. The van der Waals surface area contributed by atoms with Gasteiger partial charge in [0.1, 0.15) is 0 Å². The van der Waals surface area contributed by atoms with E-state index in [1.807, 2.05) is 6.92 Å². The SMILES string of the molecule is C=C(OCCCCCCCC(C)OC(=O)C1CC(C)(C)NC(C)(C)C1)C1CC(C)(C)NC(C)(C)C1.O. The molecule has 0 bridgehead atoms. The van der Waals surface area contributed by atoms with Crippen molar-refractivity contribution in [2.45, 2.75) is 155 Å². The van der Waals surface area contributed by atoms with Gasteiger partial charge in [0.2, 0.25) is 0 Å². The van der Waals surface area contributed by atoms with Crippen molar-refractivity contribution in [3.8, 4) is 0 Å². The molecule has 1 atom stereocenters. The fourth-order valence-corrected chi connectivity index (χ4v) is 6.78. The Morgan fingerprint density at radius 3 is 1.69 bits per heavy atom. The minimum Gasteiger partial charge on any atom is -0.498 e. The molecule has 1 unspecified atom stereocenters. The quantitative estimate of drug-likeness (QED) is 0.189. The van der Waals surface area contributed by atoms with E-state index in [1.54, 1.807) is 0 Å². The summed E-state index contributed by atoms with van der Waals surface area (Å²) < 4.78 is 11.9. The van der Waals surface area contributed by atoms with Crippen molar-refractivity contribution >= 4 is 5.97 Å². The average Bonchev–Trinajstić information content (AvgIpc) is 2.64. The van der Waals surface area contributed by atoms with Crippen molar-refractivity contribution in [3.05, 3.63) is 12.3 Å². The first kappa shape index (κ1) is 32.9. The summed E-state index contributed by atoms with van der Waals surface area (Å²) in [7, 11) is 0. The smallest absolute Gasteiger partial charge is 0.309 e. The van der Waals surface area contributed by atoms with E-state index < -0.39 is 0 Å². The van der Waals surface area contributed by atoms with E-state index in [4.69, 9.17) is 9.47 Å². The van der Waals surface area contributed by atoms with Crippen molar-refractivity contribution in [2.75, 3.05) is 6.61 Å². The fourth-order valence-electron chi connectivity index (χ4n) is 6.78. The van der Waals surface area contributed by atoms with Gasteiger partial charge >= 0.3 is 5.97 Å². The van der Waals surface area contributed by atoms with E-state index >= 15 is 0 Å². The highest BCUT2D eigenvalue weighted by atomic mass is 16.5. The van der Waals surface area contributed by atoms with Crippen LogP contribution < -0.4 is 10.6 Å². The van der Waals surface area contributed by atoms with Crippen LogP contribution in [0.2, 0.25) is 0 Å².